The fourth-order valence-electron chi connectivity index (χ4n) is 2.55. The fourth-order valence-corrected chi connectivity index (χ4v) is 3.55. The molecule has 1 aliphatic rings. The molecule has 154 valence electrons. The average Bonchev–Trinajstić information content (AvgIpc) is 3.08. The summed E-state index contributed by atoms with van der Waals surface area (Å²) in [6.07, 6.45) is 1.66. The van der Waals surface area contributed by atoms with Crippen LogP contribution in [0, 0.1) is 0 Å². The summed E-state index contributed by atoms with van der Waals surface area (Å²) in [5, 5.41) is 11.9. The van der Waals surface area contributed by atoms with Gasteiger partial charge in [-0.2, -0.15) is 0 Å². The summed E-state index contributed by atoms with van der Waals surface area (Å²) in [6.45, 7) is 3.33. The number of carbonyl (C=O) groups excluding carboxylic acids is 1. The first-order valence-corrected chi connectivity index (χ1v) is 10.4. The van der Waals surface area contributed by atoms with E-state index in [4.69, 9.17) is 16.3 Å². The zero-order valence-corrected chi connectivity index (χ0v) is 18.1. The molecule has 0 fully saturated rings. The third-order valence-electron chi connectivity index (χ3n) is 4.02. The minimum absolute atomic E-state index is 0.0236. The highest BCUT2D eigenvalue weighted by molar-refractivity contribution is 8.03. The first kappa shape index (κ1) is 21.3. The summed E-state index contributed by atoms with van der Waals surface area (Å²) in [5.74, 6) is 1.49. The van der Waals surface area contributed by atoms with E-state index in [1.165, 1.54) is 0 Å². The molecule has 0 aliphatic carbocycles. The molecule has 7 nitrogen and oxygen atoms in total. The molecule has 3 rings (SSSR count). The normalized spacial score (nSPS) is 15.6. The van der Waals surface area contributed by atoms with Crippen LogP contribution >= 0.6 is 23.4 Å². The maximum Gasteiger partial charge on any atom is 0.251 e. The molecule has 2 aromatic rings. The largest absolute Gasteiger partial charge is 0.456 e. The molecular formula is C20H24ClN5O2S. The number of thioether (sulfide) groups is 1. The SMILES string of the molecule is CC1=CSC(Nc2cc(Oc3cc(C(=O)NCCN(C)C)ccc3Cl)ccn2)N1. The van der Waals surface area contributed by atoms with E-state index in [1.54, 1.807) is 48.3 Å². The molecule has 1 aliphatic heterocycles. The summed E-state index contributed by atoms with van der Waals surface area (Å²) < 4.78 is 5.93. The predicted molar refractivity (Wildman–Crippen MR) is 119 cm³/mol. The number of allylic oxidation sites excluding steroid dienone is 1. The number of carbonyl (C=O) groups is 1. The van der Waals surface area contributed by atoms with Gasteiger partial charge in [-0.3, -0.25) is 4.79 Å². The lowest BCUT2D eigenvalue weighted by Gasteiger charge is -2.15. The smallest absolute Gasteiger partial charge is 0.251 e. The number of amides is 1. The van der Waals surface area contributed by atoms with Gasteiger partial charge in [-0.1, -0.05) is 23.4 Å². The van der Waals surface area contributed by atoms with Crippen LogP contribution in [0.4, 0.5) is 5.82 Å². The van der Waals surface area contributed by atoms with Crippen LogP contribution in [-0.4, -0.2) is 48.5 Å². The van der Waals surface area contributed by atoms with Crippen LogP contribution in [-0.2, 0) is 0 Å². The first-order chi connectivity index (χ1) is 13.9. The summed E-state index contributed by atoms with van der Waals surface area (Å²) in [6, 6.07) is 8.51. The molecule has 0 saturated heterocycles. The molecule has 0 spiro atoms. The molecule has 1 unspecified atom stereocenters. The topological polar surface area (TPSA) is 78.5 Å². The number of hydrogen-bond acceptors (Lipinski definition) is 7. The number of rotatable bonds is 8. The number of halogens is 1. The summed E-state index contributed by atoms with van der Waals surface area (Å²) in [5.41, 5.74) is 1.62. The van der Waals surface area contributed by atoms with Crippen molar-refractivity contribution in [3.8, 4) is 11.5 Å². The van der Waals surface area contributed by atoms with Crippen molar-refractivity contribution in [2.75, 3.05) is 32.5 Å². The van der Waals surface area contributed by atoms with Gasteiger partial charge < -0.3 is 25.6 Å². The van der Waals surface area contributed by atoms with E-state index in [0.717, 1.165) is 12.2 Å². The molecule has 1 aromatic heterocycles. The Bertz CT molecular complexity index is 906. The Kier molecular flexibility index (Phi) is 7.24. The molecule has 0 saturated carbocycles. The molecule has 1 atom stereocenters. The van der Waals surface area contributed by atoms with E-state index in [1.807, 2.05) is 31.3 Å². The van der Waals surface area contributed by atoms with Gasteiger partial charge in [-0.05, 0) is 50.7 Å². The summed E-state index contributed by atoms with van der Waals surface area (Å²) >= 11 is 7.91. The van der Waals surface area contributed by atoms with Gasteiger partial charge in [0, 0.05) is 36.6 Å². The highest BCUT2D eigenvalue weighted by Gasteiger charge is 2.15. The van der Waals surface area contributed by atoms with Gasteiger partial charge >= 0.3 is 0 Å². The Labute approximate surface area is 179 Å². The van der Waals surface area contributed by atoms with Crippen LogP contribution in [0.15, 0.2) is 47.6 Å². The van der Waals surface area contributed by atoms with Crippen LogP contribution in [0.2, 0.25) is 5.02 Å². The summed E-state index contributed by atoms with van der Waals surface area (Å²) in [4.78, 5) is 18.7. The van der Waals surface area contributed by atoms with Crippen molar-refractivity contribution in [1.29, 1.82) is 0 Å². The molecule has 9 heteroatoms. The van der Waals surface area contributed by atoms with Gasteiger partial charge in [0.05, 0.1) is 5.02 Å². The maximum atomic E-state index is 12.4. The molecule has 29 heavy (non-hydrogen) atoms. The van der Waals surface area contributed by atoms with Crippen molar-refractivity contribution in [3.63, 3.8) is 0 Å². The average molecular weight is 434 g/mol. The van der Waals surface area contributed by atoms with E-state index in [-0.39, 0.29) is 11.4 Å². The molecule has 3 N–H and O–H groups in total. The zero-order chi connectivity index (χ0) is 20.8. The third kappa shape index (κ3) is 6.28. The maximum absolute atomic E-state index is 12.4. The van der Waals surface area contributed by atoms with Gasteiger partial charge in [0.25, 0.3) is 5.91 Å². The van der Waals surface area contributed by atoms with Gasteiger partial charge in [0.15, 0.2) is 5.50 Å². The Morgan fingerprint density at radius 2 is 2.17 bits per heavy atom. The monoisotopic (exact) mass is 433 g/mol. The van der Waals surface area contributed by atoms with Gasteiger partial charge in [-0.25, -0.2) is 4.98 Å². The van der Waals surface area contributed by atoms with Crippen LogP contribution in [0.1, 0.15) is 17.3 Å². The molecule has 1 amide bonds. The van der Waals surface area contributed by atoms with Gasteiger partial charge in [-0.15, -0.1) is 0 Å². The van der Waals surface area contributed by atoms with Crippen LogP contribution in [0.25, 0.3) is 0 Å². The number of benzene rings is 1. The minimum Gasteiger partial charge on any atom is -0.456 e. The Balaban J connectivity index is 1.66. The second kappa shape index (κ2) is 9.87. The molecule has 1 aromatic carbocycles. The standard InChI is InChI=1S/C20H24ClN5O2S/c1-13-12-29-20(24-13)25-18-11-15(6-7-22-18)28-17-10-14(4-5-16(17)21)19(27)23-8-9-26(2)3/h4-7,10-12,20,24H,8-9H2,1-3H3,(H,22,25)(H,23,27). The van der Waals surface area contributed by atoms with Crippen LogP contribution in [0.3, 0.4) is 0 Å². The fraction of sp³-hybridized carbons (Fsp3) is 0.300. The Morgan fingerprint density at radius 3 is 2.90 bits per heavy atom. The Morgan fingerprint density at radius 1 is 1.34 bits per heavy atom. The number of nitrogens with one attached hydrogen (secondary N) is 3. The second-order valence-electron chi connectivity index (χ2n) is 6.79. The molecular weight excluding hydrogens is 410 g/mol. The van der Waals surface area contributed by atoms with E-state index in [0.29, 0.717) is 34.4 Å². The van der Waals surface area contributed by atoms with Gasteiger partial charge in [0.2, 0.25) is 0 Å². The number of likely N-dealkylation sites (N-methyl/N-ethyl adjacent to an activating group) is 1. The zero-order valence-electron chi connectivity index (χ0n) is 16.5. The molecule has 2 heterocycles. The van der Waals surface area contributed by atoms with Crippen LogP contribution < -0.4 is 20.7 Å². The van der Waals surface area contributed by atoms with Crippen molar-refractivity contribution >= 4 is 35.1 Å². The highest BCUT2D eigenvalue weighted by atomic mass is 35.5. The number of nitrogens with zero attached hydrogens (tertiary/aromatic N) is 2. The predicted octanol–water partition coefficient (Wildman–Crippen LogP) is 3.71. The lowest BCUT2D eigenvalue weighted by Crippen LogP contribution is -2.31. The number of hydrogen-bond donors (Lipinski definition) is 3. The number of anilines is 1. The number of pyridine rings is 1. The van der Waals surface area contributed by atoms with Crippen molar-refractivity contribution in [1.82, 2.24) is 20.5 Å². The molecule has 0 radical (unpaired) electrons. The van der Waals surface area contributed by atoms with Crippen molar-refractivity contribution < 1.29 is 9.53 Å². The minimum atomic E-state index is -0.169. The first-order valence-electron chi connectivity index (χ1n) is 9.12. The van der Waals surface area contributed by atoms with E-state index in [2.05, 4.69) is 20.9 Å². The van der Waals surface area contributed by atoms with E-state index in [9.17, 15) is 4.79 Å². The quantitative estimate of drug-likeness (QED) is 0.585. The number of aromatic nitrogens is 1. The van der Waals surface area contributed by atoms with E-state index < -0.39 is 0 Å². The second-order valence-corrected chi connectivity index (χ2v) is 8.18. The highest BCUT2D eigenvalue weighted by Crippen LogP contribution is 2.31. The summed E-state index contributed by atoms with van der Waals surface area (Å²) in [7, 11) is 3.91. The van der Waals surface area contributed by atoms with Crippen molar-refractivity contribution in [2.24, 2.45) is 0 Å². The van der Waals surface area contributed by atoms with Crippen molar-refractivity contribution in [2.45, 2.75) is 12.4 Å². The van der Waals surface area contributed by atoms with Gasteiger partial charge in [0.1, 0.15) is 17.3 Å². The lowest BCUT2D eigenvalue weighted by atomic mass is 10.2. The number of ether oxygens (including phenoxy) is 1. The van der Waals surface area contributed by atoms with Crippen LogP contribution in [0.5, 0.6) is 11.5 Å². The lowest BCUT2D eigenvalue weighted by molar-refractivity contribution is 0.0950. The third-order valence-corrected chi connectivity index (χ3v) is 5.33. The van der Waals surface area contributed by atoms with E-state index >= 15 is 0 Å². The molecule has 0 bridgehead atoms. The van der Waals surface area contributed by atoms with Crippen molar-refractivity contribution in [3.05, 3.63) is 58.2 Å². The Hall–Kier alpha value is -2.42.